The zero-order valence-electron chi connectivity index (χ0n) is 16.1. The number of hydrogen-bond acceptors (Lipinski definition) is 7. The van der Waals surface area contributed by atoms with Crippen LogP contribution in [0.4, 0.5) is 11.6 Å². The molecule has 1 aliphatic carbocycles. The molecule has 0 unspecified atom stereocenters. The van der Waals surface area contributed by atoms with E-state index in [-0.39, 0.29) is 11.7 Å². The van der Waals surface area contributed by atoms with Crippen molar-refractivity contribution in [1.82, 2.24) is 19.8 Å². The molecule has 0 radical (unpaired) electrons. The van der Waals surface area contributed by atoms with Gasteiger partial charge >= 0.3 is 0 Å². The SMILES string of the molecule is COc1ccc(C(=O)N2CCN(C)CC2)cc1Nc1ncc2c(n1)CC(=O)C2. The predicted molar refractivity (Wildman–Crippen MR) is 104 cm³/mol. The maximum Gasteiger partial charge on any atom is 0.254 e. The standard InChI is InChI=1S/C20H23N5O3/c1-24-5-7-25(8-6-24)19(27)13-3-4-18(28-2)17(10-13)23-20-21-12-14-9-15(26)11-16(14)22-20/h3-4,10,12H,5-9,11H2,1-2H3,(H,21,22,23). The summed E-state index contributed by atoms with van der Waals surface area (Å²) in [6.45, 7) is 3.17. The first kappa shape index (κ1) is 18.4. The third-order valence-electron chi connectivity index (χ3n) is 5.19. The molecule has 2 aromatic rings. The van der Waals surface area contributed by atoms with Crippen LogP contribution in [0, 0.1) is 0 Å². The van der Waals surface area contributed by atoms with E-state index in [2.05, 4.69) is 27.2 Å². The van der Waals surface area contributed by atoms with E-state index in [1.165, 1.54) is 0 Å². The highest BCUT2D eigenvalue weighted by molar-refractivity contribution is 5.96. The Labute approximate surface area is 163 Å². The molecule has 2 aliphatic rings. The molecule has 1 N–H and O–H groups in total. The number of hydrogen-bond donors (Lipinski definition) is 1. The molecule has 0 bridgehead atoms. The molecule has 1 saturated heterocycles. The Balaban J connectivity index is 1.56. The number of fused-ring (bicyclic) bond motifs is 1. The van der Waals surface area contributed by atoms with E-state index in [0.29, 0.717) is 48.9 Å². The average molecular weight is 381 g/mol. The highest BCUT2D eigenvalue weighted by Gasteiger charge is 2.23. The van der Waals surface area contributed by atoms with Crippen LogP contribution < -0.4 is 10.1 Å². The molecule has 4 rings (SSSR count). The quantitative estimate of drug-likeness (QED) is 0.854. The fraction of sp³-hybridized carbons (Fsp3) is 0.400. The van der Waals surface area contributed by atoms with Crippen LogP contribution in [0.1, 0.15) is 21.6 Å². The number of benzene rings is 1. The van der Waals surface area contributed by atoms with Gasteiger partial charge in [0.1, 0.15) is 11.5 Å². The van der Waals surface area contributed by atoms with Crippen LogP contribution in [-0.2, 0) is 17.6 Å². The summed E-state index contributed by atoms with van der Waals surface area (Å²) in [4.78, 5) is 37.3. The number of ether oxygens (including phenoxy) is 1. The first-order valence-electron chi connectivity index (χ1n) is 9.33. The zero-order chi connectivity index (χ0) is 19.7. The molecule has 8 nitrogen and oxygen atoms in total. The monoisotopic (exact) mass is 381 g/mol. The Hall–Kier alpha value is -3.00. The minimum Gasteiger partial charge on any atom is -0.495 e. The van der Waals surface area contributed by atoms with Crippen molar-refractivity contribution in [2.24, 2.45) is 0 Å². The Kier molecular flexibility index (Phi) is 4.95. The van der Waals surface area contributed by atoms with Crippen molar-refractivity contribution in [3.05, 3.63) is 41.2 Å². The average Bonchev–Trinajstić information content (AvgIpc) is 3.07. The largest absolute Gasteiger partial charge is 0.495 e. The third-order valence-corrected chi connectivity index (χ3v) is 5.19. The van der Waals surface area contributed by atoms with Crippen LogP contribution in [0.15, 0.2) is 24.4 Å². The number of piperazine rings is 1. The zero-order valence-corrected chi connectivity index (χ0v) is 16.1. The number of methoxy groups -OCH3 is 1. The van der Waals surface area contributed by atoms with Crippen LogP contribution in [0.3, 0.4) is 0 Å². The van der Waals surface area contributed by atoms with Crippen LogP contribution in [0.5, 0.6) is 5.75 Å². The van der Waals surface area contributed by atoms with Crippen molar-refractivity contribution in [2.75, 3.05) is 45.7 Å². The normalized spacial score (nSPS) is 16.8. The molecule has 1 aromatic carbocycles. The van der Waals surface area contributed by atoms with Gasteiger partial charge in [-0.05, 0) is 30.8 Å². The topological polar surface area (TPSA) is 87.7 Å². The molecule has 2 heterocycles. The van der Waals surface area contributed by atoms with E-state index in [9.17, 15) is 9.59 Å². The van der Waals surface area contributed by atoms with E-state index in [4.69, 9.17) is 4.74 Å². The summed E-state index contributed by atoms with van der Waals surface area (Å²) in [6, 6.07) is 5.30. The number of amides is 1. The van der Waals surface area contributed by atoms with E-state index < -0.39 is 0 Å². The Morgan fingerprint density at radius 1 is 1.18 bits per heavy atom. The van der Waals surface area contributed by atoms with Crippen LogP contribution in [0.25, 0.3) is 0 Å². The molecule has 1 aromatic heterocycles. The lowest BCUT2D eigenvalue weighted by Gasteiger charge is -2.32. The lowest BCUT2D eigenvalue weighted by Crippen LogP contribution is -2.47. The van der Waals surface area contributed by atoms with Crippen molar-refractivity contribution in [3.8, 4) is 5.75 Å². The van der Waals surface area contributed by atoms with Gasteiger partial charge in [0, 0.05) is 50.8 Å². The van der Waals surface area contributed by atoms with Crippen LogP contribution >= 0.6 is 0 Å². The maximum absolute atomic E-state index is 12.9. The lowest BCUT2D eigenvalue weighted by molar-refractivity contribution is -0.117. The van der Waals surface area contributed by atoms with Crippen LogP contribution in [-0.4, -0.2) is 71.8 Å². The number of carbonyl (C=O) groups excluding carboxylic acids is 2. The van der Waals surface area contributed by atoms with Gasteiger partial charge in [-0.25, -0.2) is 9.97 Å². The minimum atomic E-state index is -0.000675. The second-order valence-electron chi connectivity index (χ2n) is 7.19. The van der Waals surface area contributed by atoms with Crippen molar-refractivity contribution in [1.29, 1.82) is 0 Å². The fourth-order valence-electron chi connectivity index (χ4n) is 3.52. The summed E-state index contributed by atoms with van der Waals surface area (Å²) in [6.07, 6.45) is 2.42. The highest BCUT2D eigenvalue weighted by Crippen LogP contribution is 2.29. The van der Waals surface area contributed by atoms with E-state index >= 15 is 0 Å². The van der Waals surface area contributed by atoms with Gasteiger partial charge in [0.2, 0.25) is 5.95 Å². The second-order valence-corrected chi connectivity index (χ2v) is 7.19. The first-order chi connectivity index (χ1) is 13.5. The number of anilines is 2. The van der Waals surface area contributed by atoms with E-state index in [0.717, 1.165) is 24.3 Å². The third kappa shape index (κ3) is 3.68. The molecule has 1 aliphatic heterocycles. The predicted octanol–water partition coefficient (Wildman–Crippen LogP) is 1.28. The smallest absolute Gasteiger partial charge is 0.254 e. The number of Topliss-reactive ketones (excluding diaryl/α,β-unsaturated/α-hetero) is 1. The molecule has 0 spiro atoms. The number of nitrogens with zero attached hydrogens (tertiary/aromatic N) is 4. The molecule has 146 valence electrons. The van der Waals surface area contributed by atoms with Gasteiger partial charge < -0.3 is 19.9 Å². The summed E-state index contributed by atoms with van der Waals surface area (Å²) in [5.74, 6) is 1.13. The van der Waals surface area contributed by atoms with Crippen molar-refractivity contribution < 1.29 is 14.3 Å². The number of nitrogens with one attached hydrogen (secondary N) is 1. The van der Waals surface area contributed by atoms with Crippen molar-refractivity contribution in [3.63, 3.8) is 0 Å². The van der Waals surface area contributed by atoms with Gasteiger partial charge in [-0.3, -0.25) is 9.59 Å². The van der Waals surface area contributed by atoms with E-state index in [1.54, 1.807) is 31.5 Å². The number of ketones is 1. The van der Waals surface area contributed by atoms with Gasteiger partial charge in [-0.2, -0.15) is 0 Å². The number of likely N-dealkylation sites (N-methyl/N-ethyl adjacent to an activating group) is 1. The van der Waals surface area contributed by atoms with Gasteiger partial charge in [-0.1, -0.05) is 0 Å². The second kappa shape index (κ2) is 7.55. The molecule has 1 amide bonds. The summed E-state index contributed by atoms with van der Waals surface area (Å²) in [5, 5.41) is 3.14. The lowest BCUT2D eigenvalue weighted by atomic mass is 10.1. The van der Waals surface area contributed by atoms with Gasteiger partial charge in [-0.15, -0.1) is 0 Å². The molecule has 8 heteroatoms. The molecule has 0 atom stereocenters. The van der Waals surface area contributed by atoms with Crippen molar-refractivity contribution in [2.45, 2.75) is 12.8 Å². The minimum absolute atomic E-state index is 0.000675. The summed E-state index contributed by atoms with van der Waals surface area (Å²) in [5.41, 5.74) is 2.84. The molecule has 1 fully saturated rings. The van der Waals surface area contributed by atoms with Gasteiger partial charge in [0.25, 0.3) is 5.91 Å². The van der Waals surface area contributed by atoms with Gasteiger partial charge in [0.15, 0.2) is 0 Å². The highest BCUT2D eigenvalue weighted by atomic mass is 16.5. The Bertz CT molecular complexity index is 922. The maximum atomic E-state index is 12.9. The summed E-state index contributed by atoms with van der Waals surface area (Å²) < 4.78 is 5.42. The summed E-state index contributed by atoms with van der Waals surface area (Å²) >= 11 is 0. The van der Waals surface area contributed by atoms with Crippen LogP contribution in [0.2, 0.25) is 0 Å². The molecular formula is C20H23N5O3. The summed E-state index contributed by atoms with van der Waals surface area (Å²) in [7, 11) is 3.63. The molecule has 0 saturated carbocycles. The molecular weight excluding hydrogens is 358 g/mol. The Morgan fingerprint density at radius 2 is 1.96 bits per heavy atom. The van der Waals surface area contributed by atoms with Crippen molar-refractivity contribution >= 4 is 23.3 Å². The Morgan fingerprint density at radius 3 is 2.71 bits per heavy atom. The first-order valence-corrected chi connectivity index (χ1v) is 9.33. The van der Waals surface area contributed by atoms with Gasteiger partial charge in [0.05, 0.1) is 18.5 Å². The number of carbonyl (C=O) groups is 2. The number of rotatable bonds is 4. The fourth-order valence-corrected chi connectivity index (χ4v) is 3.52. The molecule has 28 heavy (non-hydrogen) atoms. The van der Waals surface area contributed by atoms with E-state index in [1.807, 2.05) is 4.90 Å². The number of aromatic nitrogens is 2.